The average molecular weight is 446 g/mol. The number of ketones is 1. The molecule has 0 spiro atoms. The first-order valence-corrected chi connectivity index (χ1v) is 10.5. The number of alkyl halides is 3. The SMILES string of the molecule is O=C(CN1CCCCCC1)c1cnn2c(C(F)(F)F)cc(-c3ccc4c(c3)OCO4)nc12. The van der Waals surface area contributed by atoms with E-state index in [1.807, 2.05) is 4.90 Å². The second kappa shape index (κ2) is 8.09. The minimum Gasteiger partial charge on any atom is -0.454 e. The lowest BCUT2D eigenvalue weighted by atomic mass is 10.1. The standard InChI is InChI=1S/C22H21F3N4O3/c23-22(24,25)20-10-16(14-5-6-18-19(9-14)32-13-31-18)27-21-15(11-26-29(20)21)17(30)12-28-7-3-1-2-4-8-28/h5-6,9-11H,1-4,7-8,12-13H2. The Kier molecular flexibility index (Phi) is 5.24. The van der Waals surface area contributed by atoms with Crippen LogP contribution in [-0.2, 0) is 6.18 Å². The Bertz CT molecular complexity index is 1170. The van der Waals surface area contributed by atoms with E-state index in [9.17, 15) is 18.0 Å². The van der Waals surface area contributed by atoms with E-state index in [4.69, 9.17) is 9.47 Å². The van der Waals surface area contributed by atoms with E-state index in [1.54, 1.807) is 18.2 Å². The van der Waals surface area contributed by atoms with E-state index in [2.05, 4.69) is 10.1 Å². The summed E-state index contributed by atoms with van der Waals surface area (Å²) in [7, 11) is 0. The van der Waals surface area contributed by atoms with Crippen LogP contribution < -0.4 is 9.47 Å². The summed E-state index contributed by atoms with van der Waals surface area (Å²) in [5.74, 6) is 0.664. The number of carbonyl (C=O) groups excluding carboxylic acids is 1. The summed E-state index contributed by atoms with van der Waals surface area (Å²) < 4.78 is 52.8. The molecule has 168 valence electrons. The zero-order chi connectivity index (χ0) is 22.3. The van der Waals surface area contributed by atoms with Crippen molar-refractivity contribution in [2.75, 3.05) is 26.4 Å². The molecular weight excluding hydrogens is 425 g/mol. The van der Waals surface area contributed by atoms with E-state index in [0.717, 1.165) is 44.8 Å². The van der Waals surface area contributed by atoms with Crippen molar-refractivity contribution in [1.82, 2.24) is 19.5 Å². The number of carbonyl (C=O) groups is 1. The Labute approximate surface area is 181 Å². The Morgan fingerprint density at radius 2 is 1.78 bits per heavy atom. The Balaban J connectivity index is 1.56. The summed E-state index contributed by atoms with van der Waals surface area (Å²) in [5.41, 5.74) is -0.513. The van der Waals surface area contributed by atoms with Crippen molar-refractivity contribution in [3.8, 4) is 22.8 Å². The van der Waals surface area contributed by atoms with Gasteiger partial charge in [-0.3, -0.25) is 9.69 Å². The highest BCUT2D eigenvalue weighted by molar-refractivity contribution is 6.02. The van der Waals surface area contributed by atoms with Gasteiger partial charge in [0.15, 0.2) is 28.6 Å². The van der Waals surface area contributed by atoms with Crippen molar-refractivity contribution >= 4 is 11.4 Å². The lowest BCUT2D eigenvalue weighted by molar-refractivity contribution is -0.142. The van der Waals surface area contributed by atoms with Gasteiger partial charge in [-0.15, -0.1) is 0 Å². The molecule has 0 aliphatic carbocycles. The van der Waals surface area contributed by atoms with Gasteiger partial charge >= 0.3 is 6.18 Å². The molecule has 2 aliphatic rings. The molecule has 1 saturated heterocycles. The molecule has 0 bridgehead atoms. The summed E-state index contributed by atoms with van der Waals surface area (Å²) in [4.78, 5) is 19.5. The van der Waals surface area contributed by atoms with E-state index in [1.165, 1.54) is 6.20 Å². The largest absolute Gasteiger partial charge is 0.454 e. The lowest BCUT2D eigenvalue weighted by Crippen LogP contribution is -2.30. The van der Waals surface area contributed by atoms with Crippen LogP contribution in [-0.4, -0.2) is 51.7 Å². The summed E-state index contributed by atoms with van der Waals surface area (Å²) in [6, 6.07) is 5.75. The molecule has 4 heterocycles. The van der Waals surface area contributed by atoms with Crippen molar-refractivity contribution in [1.29, 1.82) is 0 Å². The number of Topliss-reactive ketones (excluding diaryl/α,β-unsaturated/α-hetero) is 1. The highest BCUT2D eigenvalue weighted by Crippen LogP contribution is 2.37. The monoisotopic (exact) mass is 446 g/mol. The third-order valence-corrected chi connectivity index (χ3v) is 5.80. The van der Waals surface area contributed by atoms with E-state index >= 15 is 0 Å². The van der Waals surface area contributed by atoms with Crippen LogP contribution >= 0.6 is 0 Å². The number of fused-ring (bicyclic) bond motifs is 2. The third-order valence-electron chi connectivity index (χ3n) is 5.80. The van der Waals surface area contributed by atoms with Gasteiger partial charge in [-0.25, -0.2) is 9.50 Å². The van der Waals surface area contributed by atoms with Crippen molar-refractivity contribution in [2.45, 2.75) is 31.9 Å². The van der Waals surface area contributed by atoms with Crippen LogP contribution in [0.15, 0.2) is 30.5 Å². The average Bonchev–Trinajstić information content (AvgIpc) is 3.33. The minimum absolute atomic E-state index is 0.0524. The molecule has 2 aliphatic heterocycles. The van der Waals surface area contributed by atoms with Gasteiger partial charge in [-0.2, -0.15) is 18.3 Å². The minimum atomic E-state index is -4.68. The topological polar surface area (TPSA) is 69.0 Å². The number of hydrogen-bond acceptors (Lipinski definition) is 6. The second-order valence-electron chi connectivity index (χ2n) is 8.00. The van der Waals surface area contributed by atoms with Crippen LogP contribution in [0.4, 0.5) is 13.2 Å². The molecule has 0 radical (unpaired) electrons. The van der Waals surface area contributed by atoms with Gasteiger partial charge in [-0.1, -0.05) is 12.8 Å². The Morgan fingerprint density at radius 3 is 2.53 bits per heavy atom. The first-order valence-electron chi connectivity index (χ1n) is 10.5. The molecule has 1 fully saturated rings. The molecule has 0 amide bonds. The fourth-order valence-corrected chi connectivity index (χ4v) is 4.15. The van der Waals surface area contributed by atoms with Gasteiger partial charge in [-0.05, 0) is 50.2 Å². The van der Waals surface area contributed by atoms with Gasteiger partial charge in [0.2, 0.25) is 6.79 Å². The van der Waals surface area contributed by atoms with Crippen LogP contribution in [0, 0.1) is 0 Å². The molecule has 0 saturated carbocycles. The fourth-order valence-electron chi connectivity index (χ4n) is 4.15. The van der Waals surface area contributed by atoms with Crippen molar-refractivity contribution < 1.29 is 27.4 Å². The zero-order valence-electron chi connectivity index (χ0n) is 17.2. The van der Waals surface area contributed by atoms with Gasteiger partial charge in [0, 0.05) is 5.56 Å². The van der Waals surface area contributed by atoms with E-state index in [-0.39, 0.29) is 36.0 Å². The van der Waals surface area contributed by atoms with Gasteiger partial charge in [0.05, 0.1) is 24.0 Å². The van der Waals surface area contributed by atoms with Crippen LogP contribution in [0.25, 0.3) is 16.9 Å². The molecule has 3 aromatic rings. The van der Waals surface area contributed by atoms with Crippen LogP contribution in [0.3, 0.4) is 0 Å². The van der Waals surface area contributed by atoms with Crippen molar-refractivity contribution in [2.24, 2.45) is 0 Å². The smallest absolute Gasteiger partial charge is 0.433 e. The van der Waals surface area contributed by atoms with Crippen molar-refractivity contribution in [3.05, 3.63) is 41.7 Å². The molecule has 5 rings (SSSR count). The van der Waals surface area contributed by atoms with E-state index < -0.39 is 11.9 Å². The summed E-state index contributed by atoms with van der Waals surface area (Å²) >= 11 is 0. The van der Waals surface area contributed by atoms with E-state index in [0.29, 0.717) is 21.6 Å². The normalized spacial score (nSPS) is 17.0. The number of rotatable bonds is 4. The predicted octanol–water partition coefficient (Wildman–Crippen LogP) is 4.20. The maximum absolute atomic E-state index is 13.8. The maximum Gasteiger partial charge on any atom is 0.433 e. The third kappa shape index (κ3) is 3.90. The fraction of sp³-hybridized carbons (Fsp3) is 0.409. The number of halogens is 3. The quantitative estimate of drug-likeness (QED) is 0.560. The summed E-state index contributed by atoms with van der Waals surface area (Å²) in [6.45, 7) is 1.79. The molecule has 7 nitrogen and oxygen atoms in total. The first-order chi connectivity index (χ1) is 15.4. The second-order valence-corrected chi connectivity index (χ2v) is 8.00. The highest BCUT2D eigenvalue weighted by atomic mass is 19.4. The number of likely N-dealkylation sites (tertiary alicyclic amines) is 1. The lowest BCUT2D eigenvalue weighted by Gasteiger charge is -2.18. The number of nitrogens with zero attached hydrogens (tertiary/aromatic N) is 4. The first kappa shape index (κ1) is 20.7. The Hall–Kier alpha value is -3.14. The molecule has 2 aromatic heterocycles. The number of hydrogen-bond donors (Lipinski definition) is 0. The zero-order valence-corrected chi connectivity index (χ0v) is 17.2. The molecular formula is C22H21F3N4O3. The van der Waals surface area contributed by atoms with Gasteiger partial charge in [0.1, 0.15) is 0 Å². The number of ether oxygens (including phenoxy) is 2. The number of benzene rings is 1. The van der Waals surface area contributed by atoms with Gasteiger partial charge < -0.3 is 9.47 Å². The molecule has 10 heteroatoms. The number of aromatic nitrogens is 3. The molecule has 0 unspecified atom stereocenters. The summed E-state index contributed by atoms with van der Waals surface area (Å²) in [6.07, 6.45) is 0.762. The van der Waals surface area contributed by atoms with Crippen LogP contribution in [0.2, 0.25) is 0 Å². The highest BCUT2D eigenvalue weighted by Gasteiger charge is 2.36. The Morgan fingerprint density at radius 1 is 1.03 bits per heavy atom. The predicted molar refractivity (Wildman–Crippen MR) is 109 cm³/mol. The van der Waals surface area contributed by atoms with Crippen molar-refractivity contribution in [3.63, 3.8) is 0 Å². The molecule has 32 heavy (non-hydrogen) atoms. The summed E-state index contributed by atoms with van der Waals surface area (Å²) in [5, 5.41) is 3.86. The molecule has 0 atom stereocenters. The van der Waals surface area contributed by atoms with Crippen LogP contribution in [0.5, 0.6) is 11.5 Å². The maximum atomic E-state index is 13.8. The molecule has 1 aromatic carbocycles. The molecule has 0 N–H and O–H groups in total. The van der Waals surface area contributed by atoms with Crippen LogP contribution in [0.1, 0.15) is 41.7 Å². The van der Waals surface area contributed by atoms with Gasteiger partial charge in [0.25, 0.3) is 0 Å².